The normalized spacial score (nSPS) is 17.4. The third kappa shape index (κ3) is 3.88. The molecular weight excluding hydrogens is 364 g/mol. The Labute approximate surface area is 161 Å². The Bertz CT molecular complexity index is 964. The maximum atomic E-state index is 12.7. The number of thioether (sulfide) groups is 1. The molecule has 138 valence electrons. The Morgan fingerprint density at radius 3 is 2.48 bits per heavy atom. The standard InChI is InChI=1S/C20H18N2O4S/c1-12(13-7-9-16(26-3)10-8-13)17-18(23)22(2)20(27-17)21-15-6-4-5-14(11-15)19(24)25/h4-11H,1-3H3,(H,24,25)/b17-12-,21-20?. The van der Waals surface area contributed by atoms with Gasteiger partial charge in [-0.25, -0.2) is 9.79 Å². The van der Waals surface area contributed by atoms with Crippen molar-refractivity contribution >= 4 is 40.1 Å². The molecule has 2 aromatic rings. The van der Waals surface area contributed by atoms with Crippen LogP contribution >= 0.6 is 11.8 Å². The molecule has 1 amide bonds. The van der Waals surface area contributed by atoms with Gasteiger partial charge in [0, 0.05) is 7.05 Å². The molecule has 0 atom stereocenters. The van der Waals surface area contributed by atoms with E-state index in [4.69, 9.17) is 9.84 Å². The van der Waals surface area contributed by atoms with Crippen LogP contribution in [0.2, 0.25) is 0 Å². The molecule has 0 unspecified atom stereocenters. The highest BCUT2D eigenvalue weighted by Gasteiger charge is 2.32. The van der Waals surface area contributed by atoms with Gasteiger partial charge in [0.05, 0.1) is 23.3 Å². The molecule has 27 heavy (non-hydrogen) atoms. The van der Waals surface area contributed by atoms with Crippen LogP contribution in [-0.2, 0) is 4.79 Å². The average molecular weight is 382 g/mol. The summed E-state index contributed by atoms with van der Waals surface area (Å²) in [5.41, 5.74) is 2.41. The van der Waals surface area contributed by atoms with Gasteiger partial charge in [0.15, 0.2) is 5.17 Å². The summed E-state index contributed by atoms with van der Waals surface area (Å²) >= 11 is 1.28. The number of methoxy groups -OCH3 is 1. The summed E-state index contributed by atoms with van der Waals surface area (Å²) in [6, 6.07) is 13.8. The van der Waals surface area contributed by atoms with E-state index in [0.717, 1.165) is 16.9 Å². The molecule has 0 saturated carbocycles. The van der Waals surface area contributed by atoms with Gasteiger partial charge < -0.3 is 9.84 Å². The Kier molecular flexibility index (Phi) is 5.32. The number of carboxylic acids is 1. The van der Waals surface area contributed by atoms with Crippen LogP contribution in [0.25, 0.3) is 5.57 Å². The lowest BCUT2D eigenvalue weighted by Crippen LogP contribution is -2.23. The van der Waals surface area contributed by atoms with Crippen molar-refractivity contribution in [3.05, 3.63) is 64.6 Å². The molecule has 6 nitrogen and oxygen atoms in total. The zero-order valence-corrected chi connectivity index (χ0v) is 15.9. The number of carbonyl (C=O) groups is 2. The number of ether oxygens (including phenoxy) is 1. The van der Waals surface area contributed by atoms with E-state index >= 15 is 0 Å². The van der Waals surface area contributed by atoms with Crippen molar-refractivity contribution in [1.82, 2.24) is 4.90 Å². The Balaban J connectivity index is 1.94. The highest BCUT2D eigenvalue weighted by Crippen LogP contribution is 2.37. The van der Waals surface area contributed by atoms with E-state index in [-0.39, 0.29) is 11.5 Å². The number of nitrogens with zero attached hydrogens (tertiary/aromatic N) is 2. The monoisotopic (exact) mass is 382 g/mol. The van der Waals surface area contributed by atoms with Crippen LogP contribution in [0.15, 0.2) is 58.4 Å². The number of allylic oxidation sites excluding steroid dienone is 1. The van der Waals surface area contributed by atoms with Crippen molar-refractivity contribution in [1.29, 1.82) is 0 Å². The first-order valence-electron chi connectivity index (χ1n) is 8.14. The van der Waals surface area contributed by atoms with E-state index in [9.17, 15) is 9.59 Å². The van der Waals surface area contributed by atoms with Crippen LogP contribution in [0, 0.1) is 0 Å². The summed E-state index contributed by atoms with van der Waals surface area (Å²) in [7, 11) is 3.26. The van der Waals surface area contributed by atoms with Crippen LogP contribution in [0.3, 0.4) is 0 Å². The predicted octanol–water partition coefficient (Wildman–Crippen LogP) is 4.02. The molecular formula is C20H18N2O4S. The van der Waals surface area contributed by atoms with E-state index in [2.05, 4.69) is 4.99 Å². The number of carboxylic acid groups (broad SMARTS) is 1. The second-order valence-corrected chi connectivity index (χ2v) is 6.88. The molecule has 2 aromatic carbocycles. The topological polar surface area (TPSA) is 79.2 Å². The van der Waals surface area contributed by atoms with Gasteiger partial charge in [-0.05, 0) is 60.2 Å². The molecule has 1 saturated heterocycles. The number of carbonyl (C=O) groups excluding carboxylic acids is 1. The molecule has 1 aliphatic rings. The number of rotatable bonds is 4. The number of likely N-dealkylation sites (N-methyl/N-ethyl adjacent to an activating group) is 1. The van der Waals surface area contributed by atoms with Gasteiger partial charge in [-0.1, -0.05) is 18.2 Å². The molecule has 0 radical (unpaired) electrons. The number of aliphatic imine (C=N–C) groups is 1. The fourth-order valence-corrected chi connectivity index (χ4v) is 3.62. The molecule has 3 rings (SSSR count). The lowest BCUT2D eigenvalue weighted by Gasteiger charge is -2.08. The zero-order chi connectivity index (χ0) is 19.6. The van der Waals surface area contributed by atoms with Gasteiger partial charge in [-0.2, -0.15) is 0 Å². The first kappa shape index (κ1) is 18.7. The van der Waals surface area contributed by atoms with Crippen molar-refractivity contribution in [2.75, 3.05) is 14.2 Å². The summed E-state index contributed by atoms with van der Waals surface area (Å²) in [6.07, 6.45) is 0. The highest BCUT2D eigenvalue weighted by molar-refractivity contribution is 8.18. The molecule has 0 aromatic heterocycles. The minimum Gasteiger partial charge on any atom is -0.497 e. The molecule has 0 spiro atoms. The van der Waals surface area contributed by atoms with E-state index < -0.39 is 5.97 Å². The van der Waals surface area contributed by atoms with E-state index in [1.165, 1.54) is 28.8 Å². The number of hydrogen-bond acceptors (Lipinski definition) is 5. The summed E-state index contributed by atoms with van der Waals surface area (Å²) < 4.78 is 5.17. The molecule has 1 fully saturated rings. The Morgan fingerprint density at radius 2 is 1.85 bits per heavy atom. The van der Waals surface area contributed by atoms with E-state index in [1.807, 2.05) is 31.2 Å². The fraction of sp³-hybridized carbons (Fsp3) is 0.150. The third-order valence-corrected chi connectivity index (χ3v) is 5.39. The average Bonchev–Trinajstić information content (AvgIpc) is 2.96. The number of amidine groups is 1. The van der Waals surface area contributed by atoms with Gasteiger partial charge >= 0.3 is 5.97 Å². The van der Waals surface area contributed by atoms with Crippen molar-refractivity contribution in [2.45, 2.75) is 6.92 Å². The maximum Gasteiger partial charge on any atom is 0.335 e. The van der Waals surface area contributed by atoms with Crippen LogP contribution in [0.1, 0.15) is 22.8 Å². The molecule has 0 aliphatic carbocycles. The molecule has 0 bridgehead atoms. The quantitative estimate of drug-likeness (QED) is 0.808. The van der Waals surface area contributed by atoms with Crippen molar-refractivity contribution in [2.24, 2.45) is 4.99 Å². The second-order valence-electron chi connectivity index (χ2n) is 5.90. The molecule has 1 aliphatic heterocycles. The summed E-state index contributed by atoms with van der Waals surface area (Å²) in [4.78, 5) is 30.3. The smallest absolute Gasteiger partial charge is 0.335 e. The molecule has 7 heteroatoms. The molecule has 1 N–H and O–H groups in total. The van der Waals surface area contributed by atoms with Gasteiger partial charge in [-0.3, -0.25) is 9.69 Å². The van der Waals surface area contributed by atoms with E-state index in [0.29, 0.717) is 15.8 Å². The first-order chi connectivity index (χ1) is 12.9. The number of aromatic carboxylic acids is 1. The second kappa shape index (κ2) is 7.67. The molecule has 1 heterocycles. The van der Waals surface area contributed by atoms with Gasteiger partial charge in [-0.15, -0.1) is 0 Å². The number of benzene rings is 2. The summed E-state index contributed by atoms with van der Waals surface area (Å²) in [5, 5.41) is 9.61. The fourth-order valence-electron chi connectivity index (χ4n) is 2.57. The SMILES string of the molecule is COc1ccc(/C(C)=C2\SC(=Nc3cccc(C(=O)O)c3)N(C)C2=O)cc1. The van der Waals surface area contributed by atoms with Crippen LogP contribution in [-0.4, -0.2) is 41.2 Å². The minimum atomic E-state index is -1.02. The maximum absolute atomic E-state index is 12.7. The van der Waals surface area contributed by atoms with Crippen LogP contribution < -0.4 is 4.74 Å². The van der Waals surface area contributed by atoms with Crippen molar-refractivity contribution in [3.8, 4) is 5.75 Å². The van der Waals surface area contributed by atoms with Crippen molar-refractivity contribution in [3.63, 3.8) is 0 Å². The van der Waals surface area contributed by atoms with Gasteiger partial charge in [0.2, 0.25) is 0 Å². The predicted molar refractivity (Wildman–Crippen MR) is 106 cm³/mol. The largest absolute Gasteiger partial charge is 0.497 e. The van der Waals surface area contributed by atoms with Gasteiger partial charge in [0.25, 0.3) is 5.91 Å². The Morgan fingerprint density at radius 1 is 1.15 bits per heavy atom. The van der Waals surface area contributed by atoms with Crippen LogP contribution in [0.4, 0.5) is 5.69 Å². The zero-order valence-electron chi connectivity index (χ0n) is 15.1. The minimum absolute atomic E-state index is 0.138. The summed E-state index contributed by atoms with van der Waals surface area (Å²) in [6.45, 7) is 1.89. The van der Waals surface area contributed by atoms with Gasteiger partial charge in [0.1, 0.15) is 5.75 Å². The number of hydrogen-bond donors (Lipinski definition) is 1. The summed E-state index contributed by atoms with van der Waals surface area (Å²) in [5.74, 6) is -0.405. The lowest BCUT2D eigenvalue weighted by atomic mass is 10.1. The third-order valence-electron chi connectivity index (χ3n) is 4.16. The van der Waals surface area contributed by atoms with Crippen molar-refractivity contribution < 1.29 is 19.4 Å². The highest BCUT2D eigenvalue weighted by atomic mass is 32.2. The Hall–Kier alpha value is -3.06. The van der Waals surface area contributed by atoms with Crippen LogP contribution in [0.5, 0.6) is 5.75 Å². The lowest BCUT2D eigenvalue weighted by molar-refractivity contribution is -0.121. The van der Waals surface area contributed by atoms with E-state index in [1.54, 1.807) is 26.3 Å². The number of amides is 1. The first-order valence-corrected chi connectivity index (χ1v) is 8.95.